The van der Waals surface area contributed by atoms with Crippen molar-refractivity contribution < 1.29 is 29.7 Å². The number of benzene rings is 3. The molecule has 0 saturated carbocycles. The molecule has 0 saturated heterocycles. The van der Waals surface area contributed by atoms with Gasteiger partial charge in [-0.1, -0.05) is 46.4 Å². The topological polar surface area (TPSA) is 190 Å². The molecule has 0 unspecified atom stereocenters. The number of nitrogens with two attached hydrogens (primary N) is 3. The molecule has 9 nitrogen and oxygen atoms in total. The SMILES string of the molecule is C.C[C@H](Cc1cc(I)c(N)c(I)c1)C(=O)O.C[C@H](Cc1ccc(N)c(I)c1)C(=O)O.C[C@H](Cc1ccc(N)cc1)C(=O)O.ClI. The maximum atomic E-state index is 10.7. The van der Waals surface area contributed by atoms with E-state index in [1.54, 1.807) is 54.4 Å². The van der Waals surface area contributed by atoms with Gasteiger partial charge in [-0.3, -0.25) is 14.4 Å². The smallest absolute Gasteiger partial charge is 0.306 e. The van der Waals surface area contributed by atoms with Crippen molar-refractivity contribution in [3.8, 4) is 0 Å². The summed E-state index contributed by atoms with van der Waals surface area (Å²) in [6.07, 6.45) is 1.64. The first-order chi connectivity index (χ1) is 20.5. The number of carboxylic acids is 3. The Hall–Kier alpha value is -1.32. The minimum Gasteiger partial charge on any atom is -0.481 e. The molecular formula is C31H40ClI4N3O6. The van der Waals surface area contributed by atoms with E-state index in [4.69, 9.17) is 32.5 Å². The highest BCUT2D eigenvalue weighted by molar-refractivity contribution is 14.1. The van der Waals surface area contributed by atoms with Crippen molar-refractivity contribution in [1.29, 1.82) is 0 Å². The van der Waals surface area contributed by atoms with Crippen LogP contribution in [0.15, 0.2) is 54.6 Å². The van der Waals surface area contributed by atoms with Crippen LogP contribution in [0.2, 0.25) is 0 Å². The van der Waals surface area contributed by atoms with Crippen LogP contribution < -0.4 is 17.2 Å². The van der Waals surface area contributed by atoms with Gasteiger partial charge in [-0.15, -0.1) is 0 Å². The summed E-state index contributed by atoms with van der Waals surface area (Å²) in [4.78, 5) is 31.9. The lowest BCUT2D eigenvalue weighted by Gasteiger charge is -2.09. The van der Waals surface area contributed by atoms with Gasteiger partial charge in [-0.25, -0.2) is 0 Å². The Kier molecular flexibility index (Phi) is 24.3. The van der Waals surface area contributed by atoms with E-state index >= 15 is 0 Å². The van der Waals surface area contributed by atoms with E-state index in [1.165, 1.54) is 0 Å². The molecule has 3 aromatic rings. The summed E-state index contributed by atoms with van der Waals surface area (Å²) >= 11 is 8.09. The zero-order valence-electron chi connectivity index (χ0n) is 24.2. The number of nitrogen functional groups attached to an aromatic ring is 3. The Balaban J connectivity index is 0. The van der Waals surface area contributed by atoms with Gasteiger partial charge in [-0.2, -0.15) is 0 Å². The maximum absolute atomic E-state index is 10.7. The molecule has 0 spiro atoms. The lowest BCUT2D eigenvalue weighted by molar-refractivity contribution is -0.142. The van der Waals surface area contributed by atoms with E-state index in [2.05, 4.69) is 76.7 Å². The molecule has 14 heteroatoms. The summed E-state index contributed by atoms with van der Waals surface area (Å²) in [5.74, 6) is -3.36. The summed E-state index contributed by atoms with van der Waals surface area (Å²) in [5.41, 5.74) is 22.2. The molecule has 0 aliphatic carbocycles. The molecule has 0 aromatic heterocycles. The molecule has 3 rings (SSSR count). The fraction of sp³-hybridized carbons (Fsp3) is 0.323. The predicted molar refractivity (Wildman–Crippen MR) is 219 cm³/mol. The average Bonchev–Trinajstić information content (AvgIpc) is 2.96. The first kappa shape index (κ1) is 45.8. The number of halogens is 5. The van der Waals surface area contributed by atoms with Crippen LogP contribution in [0.4, 0.5) is 17.1 Å². The summed E-state index contributed by atoms with van der Waals surface area (Å²) in [6, 6.07) is 16.8. The molecule has 3 atom stereocenters. The Bertz CT molecular complexity index is 1360. The van der Waals surface area contributed by atoms with Crippen LogP contribution >= 0.6 is 98.1 Å². The number of hydrogen-bond acceptors (Lipinski definition) is 6. The minimum atomic E-state index is -0.767. The van der Waals surface area contributed by atoms with Crippen molar-refractivity contribution in [2.24, 2.45) is 17.8 Å². The number of aliphatic carboxylic acids is 3. The van der Waals surface area contributed by atoms with Crippen LogP contribution in [-0.4, -0.2) is 33.2 Å². The number of carbonyl (C=O) groups is 3. The van der Waals surface area contributed by atoms with Gasteiger partial charge >= 0.3 is 17.9 Å². The Morgan fingerprint density at radius 1 is 0.622 bits per heavy atom. The quantitative estimate of drug-likeness (QED) is 0.0901. The normalized spacial score (nSPS) is 11.7. The molecule has 3 aromatic carbocycles. The molecule has 45 heavy (non-hydrogen) atoms. The second kappa shape index (κ2) is 23.9. The van der Waals surface area contributed by atoms with Crippen molar-refractivity contribution >= 4 is 133 Å². The summed E-state index contributed by atoms with van der Waals surface area (Å²) < 4.78 is 2.93. The van der Waals surface area contributed by atoms with Crippen LogP contribution in [0, 0.1) is 28.5 Å². The molecule has 0 aliphatic heterocycles. The third-order valence-corrected chi connectivity index (χ3v) is 8.79. The van der Waals surface area contributed by atoms with E-state index in [0.29, 0.717) is 24.9 Å². The third-order valence-electron chi connectivity index (χ3n) is 6.07. The number of hydrogen-bond donors (Lipinski definition) is 6. The van der Waals surface area contributed by atoms with Crippen LogP contribution in [-0.2, 0) is 33.6 Å². The standard InChI is InChI=1S/C10H11I2NO2.C10H12INO2.C10H13NO2.CH4.ClI/c1-5(10(14)15)2-6-3-7(11)9(13)8(12)4-6;1-6(10(13)14)4-7-2-3-9(12)8(11)5-7;1-7(10(12)13)6-8-2-4-9(11)5-3-8;;1-2/h3-5H,2,13H2,1H3,(H,14,15);2-3,5-6H,4,12H2,1H3,(H,13,14);2-5,7H,6,11H2,1H3,(H,12,13);1H4;/t5-;6-;7-;;/m111../s1. The van der Waals surface area contributed by atoms with Crippen LogP contribution in [0.3, 0.4) is 0 Å². The highest BCUT2D eigenvalue weighted by atomic mass is 127. The van der Waals surface area contributed by atoms with E-state index in [-0.39, 0.29) is 25.2 Å². The van der Waals surface area contributed by atoms with Gasteiger partial charge < -0.3 is 32.5 Å². The highest BCUT2D eigenvalue weighted by Crippen LogP contribution is 2.25. The van der Waals surface area contributed by atoms with Crippen molar-refractivity contribution in [2.45, 2.75) is 47.5 Å². The van der Waals surface area contributed by atoms with Gasteiger partial charge in [0.1, 0.15) is 0 Å². The van der Waals surface area contributed by atoms with E-state index in [1.807, 2.05) is 42.5 Å². The molecule has 0 heterocycles. The lowest BCUT2D eigenvalue weighted by atomic mass is 10.0. The summed E-state index contributed by atoms with van der Waals surface area (Å²) in [5, 5.41) is 26.2. The predicted octanol–water partition coefficient (Wildman–Crippen LogP) is 8.62. The minimum absolute atomic E-state index is 0. The number of rotatable bonds is 9. The molecule has 250 valence electrons. The van der Waals surface area contributed by atoms with Crippen molar-refractivity contribution in [3.05, 3.63) is 82.0 Å². The molecule has 0 bridgehead atoms. The van der Waals surface area contributed by atoms with E-state index in [0.717, 1.165) is 38.8 Å². The van der Waals surface area contributed by atoms with Gasteiger partial charge in [0.2, 0.25) is 0 Å². The Morgan fingerprint density at radius 3 is 1.33 bits per heavy atom. The largest absolute Gasteiger partial charge is 0.481 e. The van der Waals surface area contributed by atoms with Gasteiger partial charge in [0.05, 0.1) is 23.4 Å². The van der Waals surface area contributed by atoms with E-state index in [9.17, 15) is 14.4 Å². The average molecular weight is 1090 g/mol. The molecular weight excluding hydrogens is 1050 g/mol. The zero-order valence-corrected chi connectivity index (χ0v) is 33.6. The van der Waals surface area contributed by atoms with Gasteiger partial charge in [0.25, 0.3) is 0 Å². The first-order valence-corrected chi connectivity index (χ1v) is 18.9. The number of anilines is 3. The summed E-state index contributed by atoms with van der Waals surface area (Å²) in [7, 11) is 4.61. The molecule has 0 fully saturated rings. The Labute approximate surface area is 323 Å². The molecule has 0 aliphatic rings. The monoisotopic (exact) mass is 1090 g/mol. The second-order valence-electron chi connectivity index (χ2n) is 9.90. The van der Waals surface area contributed by atoms with Crippen LogP contribution in [0.5, 0.6) is 0 Å². The Morgan fingerprint density at radius 2 is 0.956 bits per heavy atom. The third kappa shape index (κ3) is 18.6. The molecule has 9 N–H and O–H groups in total. The summed E-state index contributed by atoms with van der Waals surface area (Å²) in [6.45, 7) is 5.10. The van der Waals surface area contributed by atoms with Crippen LogP contribution in [0.1, 0.15) is 44.9 Å². The van der Waals surface area contributed by atoms with Gasteiger partial charge in [-0.05, 0) is 149 Å². The lowest BCUT2D eigenvalue weighted by Crippen LogP contribution is -2.12. The van der Waals surface area contributed by atoms with Crippen molar-refractivity contribution in [1.82, 2.24) is 0 Å². The van der Waals surface area contributed by atoms with E-state index < -0.39 is 17.9 Å². The van der Waals surface area contributed by atoms with Crippen molar-refractivity contribution in [2.75, 3.05) is 17.2 Å². The fourth-order valence-electron chi connectivity index (χ4n) is 3.43. The van der Waals surface area contributed by atoms with Crippen LogP contribution in [0.25, 0.3) is 0 Å². The molecule has 0 amide bonds. The van der Waals surface area contributed by atoms with Crippen molar-refractivity contribution in [3.63, 3.8) is 0 Å². The first-order valence-electron chi connectivity index (χ1n) is 13.0. The van der Waals surface area contributed by atoms with Gasteiger partial charge in [0.15, 0.2) is 0 Å². The maximum Gasteiger partial charge on any atom is 0.306 e. The molecule has 0 radical (unpaired) electrons. The fourth-order valence-corrected chi connectivity index (χ4v) is 5.91. The van der Waals surface area contributed by atoms with Gasteiger partial charge in [0, 0.05) is 43.5 Å². The second-order valence-corrected chi connectivity index (χ2v) is 13.4. The highest BCUT2D eigenvalue weighted by Gasteiger charge is 2.14. The number of carboxylic acid groups (broad SMARTS) is 3. The zero-order chi connectivity index (χ0) is 34.1.